The Morgan fingerprint density at radius 1 is 1.36 bits per heavy atom. The van der Waals surface area contributed by atoms with Crippen LogP contribution >= 0.6 is 0 Å². The van der Waals surface area contributed by atoms with E-state index in [0.717, 1.165) is 5.56 Å². The van der Waals surface area contributed by atoms with Crippen LogP contribution in [0.4, 0.5) is 16.2 Å². The van der Waals surface area contributed by atoms with E-state index in [2.05, 4.69) is 10.6 Å². The second-order valence-corrected chi connectivity index (χ2v) is 6.99. The van der Waals surface area contributed by atoms with Crippen molar-refractivity contribution in [2.45, 2.75) is 32.4 Å². The summed E-state index contributed by atoms with van der Waals surface area (Å²) in [7, 11) is -0.924. The van der Waals surface area contributed by atoms with E-state index in [1.54, 1.807) is 26.2 Å². The Bertz CT molecular complexity index is 604. The van der Waals surface area contributed by atoms with Crippen molar-refractivity contribution in [1.29, 1.82) is 0 Å². The number of carbonyl (C=O) groups excluding carboxylic acids is 1. The lowest BCUT2D eigenvalue weighted by Gasteiger charge is -2.12. The zero-order valence-corrected chi connectivity index (χ0v) is 14.0. The van der Waals surface area contributed by atoms with Crippen LogP contribution in [-0.2, 0) is 10.8 Å². The van der Waals surface area contributed by atoms with E-state index >= 15 is 0 Å². The van der Waals surface area contributed by atoms with Gasteiger partial charge in [0, 0.05) is 40.5 Å². The van der Waals surface area contributed by atoms with Crippen LogP contribution < -0.4 is 10.6 Å². The number of nitro groups is 1. The van der Waals surface area contributed by atoms with Gasteiger partial charge in [-0.25, -0.2) is 4.79 Å². The normalized spacial score (nSPS) is 13.3. The van der Waals surface area contributed by atoms with Gasteiger partial charge in [0.25, 0.3) is 5.69 Å². The zero-order valence-electron chi connectivity index (χ0n) is 13.1. The molecule has 1 aromatic rings. The fraction of sp³-hybridized carbons (Fsp3) is 0.500. The summed E-state index contributed by atoms with van der Waals surface area (Å²) in [5, 5.41) is 16.2. The van der Waals surface area contributed by atoms with E-state index in [1.807, 2.05) is 6.92 Å². The molecular weight excluding hydrogens is 306 g/mol. The third-order valence-electron chi connectivity index (χ3n) is 3.39. The quantitative estimate of drug-likeness (QED) is 0.619. The van der Waals surface area contributed by atoms with Gasteiger partial charge in [0.2, 0.25) is 0 Å². The standard InChI is InChI=1S/C14H21N3O4S/c1-9-7-10(2)13(17(19)20)8-12(9)16-14(18)15-6-5-11(3)22(4)21/h7-8,11H,5-6H2,1-4H3,(H2,15,16,18). The first kappa shape index (κ1) is 18.1. The van der Waals surface area contributed by atoms with E-state index in [4.69, 9.17) is 0 Å². The molecular formula is C14H21N3O4S. The number of nitrogens with one attached hydrogen (secondary N) is 2. The molecule has 0 heterocycles. The molecule has 1 aromatic carbocycles. The first-order chi connectivity index (χ1) is 10.2. The molecule has 0 aromatic heterocycles. The second-order valence-electron chi connectivity index (χ2n) is 5.19. The third-order valence-corrected chi connectivity index (χ3v) is 4.76. The summed E-state index contributed by atoms with van der Waals surface area (Å²) in [5.74, 6) is 0. The van der Waals surface area contributed by atoms with Crippen molar-refractivity contribution in [3.05, 3.63) is 33.4 Å². The Hall–Kier alpha value is -1.96. The minimum Gasteiger partial charge on any atom is -0.338 e. The smallest absolute Gasteiger partial charge is 0.319 e. The number of nitrogens with zero attached hydrogens (tertiary/aromatic N) is 1. The molecule has 0 fully saturated rings. The van der Waals surface area contributed by atoms with Crippen LogP contribution in [0.5, 0.6) is 0 Å². The molecule has 2 amide bonds. The average Bonchev–Trinajstić information content (AvgIpc) is 2.41. The molecule has 0 radical (unpaired) electrons. The number of urea groups is 1. The molecule has 8 heteroatoms. The maximum Gasteiger partial charge on any atom is 0.319 e. The van der Waals surface area contributed by atoms with Gasteiger partial charge in [-0.05, 0) is 31.9 Å². The summed E-state index contributed by atoms with van der Waals surface area (Å²) >= 11 is 0. The number of amides is 2. The molecule has 2 unspecified atom stereocenters. The van der Waals surface area contributed by atoms with Crippen LogP contribution in [-0.4, -0.2) is 33.2 Å². The zero-order chi connectivity index (χ0) is 16.9. The maximum absolute atomic E-state index is 11.8. The fourth-order valence-electron chi connectivity index (χ4n) is 1.89. The summed E-state index contributed by atoms with van der Waals surface area (Å²) in [6, 6.07) is 2.58. The first-order valence-corrected chi connectivity index (χ1v) is 8.47. The number of benzene rings is 1. The van der Waals surface area contributed by atoms with E-state index in [-0.39, 0.29) is 10.9 Å². The number of hydrogen-bond acceptors (Lipinski definition) is 4. The number of rotatable bonds is 6. The minimum atomic E-state index is -0.924. The van der Waals surface area contributed by atoms with Crippen molar-refractivity contribution in [1.82, 2.24) is 5.32 Å². The number of carbonyl (C=O) groups is 1. The fourth-order valence-corrected chi connectivity index (χ4v) is 2.34. The molecule has 0 saturated heterocycles. The van der Waals surface area contributed by atoms with Crippen molar-refractivity contribution in [3.63, 3.8) is 0 Å². The molecule has 2 atom stereocenters. The van der Waals surface area contributed by atoms with E-state index in [9.17, 15) is 19.1 Å². The molecule has 1 rings (SSSR count). The van der Waals surface area contributed by atoms with Crippen molar-refractivity contribution < 1.29 is 13.9 Å². The van der Waals surface area contributed by atoms with Crippen LogP contribution in [0.15, 0.2) is 12.1 Å². The number of nitro benzene ring substituents is 1. The molecule has 0 spiro atoms. The third kappa shape index (κ3) is 5.10. The highest BCUT2D eigenvalue weighted by Gasteiger charge is 2.15. The highest BCUT2D eigenvalue weighted by Crippen LogP contribution is 2.26. The Labute approximate surface area is 132 Å². The molecule has 0 saturated carbocycles. The maximum atomic E-state index is 11.8. The van der Waals surface area contributed by atoms with Crippen LogP contribution in [0.25, 0.3) is 0 Å². The largest absolute Gasteiger partial charge is 0.338 e. The van der Waals surface area contributed by atoms with Gasteiger partial charge in [-0.1, -0.05) is 6.92 Å². The Kier molecular flexibility index (Phi) is 6.48. The summed E-state index contributed by atoms with van der Waals surface area (Å²) in [6.07, 6.45) is 2.23. The molecule has 0 aliphatic heterocycles. The topological polar surface area (TPSA) is 101 Å². The summed E-state index contributed by atoms with van der Waals surface area (Å²) < 4.78 is 11.2. The average molecular weight is 327 g/mol. The molecule has 22 heavy (non-hydrogen) atoms. The van der Waals surface area contributed by atoms with Crippen molar-refractivity contribution >= 4 is 28.2 Å². The number of hydrogen-bond donors (Lipinski definition) is 2. The predicted molar refractivity (Wildman–Crippen MR) is 87.7 cm³/mol. The molecule has 122 valence electrons. The van der Waals surface area contributed by atoms with Crippen LogP contribution in [0.2, 0.25) is 0 Å². The first-order valence-electron chi connectivity index (χ1n) is 6.85. The highest BCUT2D eigenvalue weighted by atomic mass is 32.2. The Balaban J connectivity index is 2.66. The van der Waals surface area contributed by atoms with Gasteiger partial charge in [0.1, 0.15) is 0 Å². The molecule has 0 bridgehead atoms. The Morgan fingerprint density at radius 2 is 2.00 bits per heavy atom. The monoisotopic (exact) mass is 327 g/mol. The van der Waals surface area contributed by atoms with Gasteiger partial charge < -0.3 is 10.6 Å². The van der Waals surface area contributed by atoms with Gasteiger partial charge in [-0.15, -0.1) is 0 Å². The Morgan fingerprint density at radius 3 is 2.55 bits per heavy atom. The van der Waals surface area contributed by atoms with E-state index in [0.29, 0.717) is 24.2 Å². The van der Waals surface area contributed by atoms with Gasteiger partial charge in [-0.2, -0.15) is 0 Å². The van der Waals surface area contributed by atoms with Crippen molar-refractivity contribution in [2.75, 3.05) is 18.1 Å². The molecule has 0 aliphatic rings. The van der Waals surface area contributed by atoms with Crippen molar-refractivity contribution in [3.8, 4) is 0 Å². The summed E-state index contributed by atoms with van der Waals surface area (Å²) in [6.45, 7) is 5.67. The van der Waals surface area contributed by atoms with Gasteiger partial charge in [0.15, 0.2) is 0 Å². The van der Waals surface area contributed by atoms with Gasteiger partial charge in [0.05, 0.1) is 10.6 Å². The van der Waals surface area contributed by atoms with Crippen LogP contribution in [0, 0.1) is 24.0 Å². The molecule has 0 aliphatic carbocycles. The second kappa shape index (κ2) is 7.88. The predicted octanol–water partition coefficient (Wildman–Crippen LogP) is 2.49. The van der Waals surface area contributed by atoms with Gasteiger partial charge in [-0.3, -0.25) is 14.3 Å². The molecule has 7 nitrogen and oxygen atoms in total. The number of anilines is 1. The van der Waals surface area contributed by atoms with Crippen LogP contribution in [0.1, 0.15) is 24.5 Å². The lowest BCUT2D eigenvalue weighted by atomic mass is 10.1. The number of aryl methyl sites for hydroxylation is 2. The SMILES string of the molecule is Cc1cc(C)c([N+](=O)[O-])cc1NC(=O)NCCC(C)S(C)=O. The van der Waals surface area contributed by atoms with E-state index < -0.39 is 21.8 Å². The lowest BCUT2D eigenvalue weighted by molar-refractivity contribution is -0.385. The lowest BCUT2D eigenvalue weighted by Crippen LogP contribution is -2.31. The van der Waals surface area contributed by atoms with Crippen LogP contribution in [0.3, 0.4) is 0 Å². The highest BCUT2D eigenvalue weighted by molar-refractivity contribution is 7.84. The summed E-state index contributed by atoms with van der Waals surface area (Å²) in [5.41, 5.74) is 1.67. The van der Waals surface area contributed by atoms with E-state index in [1.165, 1.54) is 6.07 Å². The minimum absolute atomic E-state index is 0.00231. The molecule has 2 N–H and O–H groups in total. The van der Waals surface area contributed by atoms with Gasteiger partial charge >= 0.3 is 6.03 Å². The summed E-state index contributed by atoms with van der Waals surface area (Å²) in [4.78, 5) is 22.3. The van der Waals surface area contributed by atoms with Crippen molar-refractivity contribution in [2.24, 2.45) is 0 Å².